The second-order valence-electron chi connectivity index (χ2n) is 5.48. The quantitative estimate of drug-likeness (QED) is 0.822. The summed E-state index contributed by atoms with van der Waals surface area (Å²) in [4.78, 5) is 6.81. The lowest BCUT2D eigenvalue weighted by Gasteiger charge is -2.43. The van der Waals surface area contributed by atoms with Crippen molar-refractivity contribution in [3.8, 4) is 0 Å². The topological polar surface area (TPSA) is 42.1 Å². The lowest BCUT2D eigenvalue weighted by Crippen LogP contribution is -2.49. The molecule has 0 bridgehead atoms. The molecule has 0 saturated carbocycles. The van der Waals surface area contributed by atoms with E-state index >= 15 is 0 Å². The van der Waals surface area contributed by atoms with Crippen LogP contribution in [0.5, 0.6) is 0 Å². The van der Waals surface area contributed by atoms with Crippen molar-refractivity contribution in [3.05, 3.63) is 30.5 Å². The summed E-state index contributed by atoms with van der Waals surface area (Å²) < 4.78 is 0. The van der Waals surface area contributed by atoms with E-state index in [1.807, 2.05) is 12.1 Å². The van der Waals surface area contributed by atoms with Crippen LogP contribution in [0.4, 0.5) is 11.4 Å². The van der Waals surface area contributed by atoms with Crippen LogP contribution in [0.25, 0.3) is 10.9 Å². The number of hydrogen-bond donors (Lipinski definition) is 1. The molecule has 1 fully saturated rings. The van der Waals surface area contributed by atoms with E-state index in [1.165, 1.54) is 11.1 Å². The molecule has 3 heteroatoms. The third-order valence-electron chi connectivity index (χ3n) is 3.97. The van der Waals surface area contributed by atoms with E-state index in [0.717, 1.165) is 36.1 Å². The summed E-state index contributed by atoms with van der Waals surface area (Å²) >= 11 is 0. The van der Waals surface area contributed by atoms with E-state index in [0.29, 0.717) is 0 Å². The molecule has 2 N–H and O–H groups in total. The second-order valence-corrected chi connectivity index (χ2v) is 5.48. The fourth-order valence-corrected chi connectivity index (χ4v) is 2.59. The zero-order valence-corrected chi connectivity index (χ0v) is 10.9. The number of nitrogen functional groups attached to an aromatic ring is 1. The standard InChI is InChI=1S/C15H19N3/c1-10(2)11-8-18(9-11)14-6-5-13(16)15-12(14)4-3-7-17-15/h3-7,10-11H,8-9,16H2,1-2H3. The van der Waals surface area contributed by atoms with E-state index in [-0.39, 0.29) is 0 Å². The summed E-state index contributed by atoms with van der Waals surface area (Å²) in [5.41, 5.74) is 8.93. The highest BCUT2D eigenvalue weighted by atomic mass is 15.2. The Labute approximate surface area is 108 Å². The van der Waals surface area contributed by atoms with Gasteiger partial charge in [-0.3, -0.25) is 4.98 Å². The molecular weight excluding hydrogens is 222 g/mol. The summed E-state index contributed by atoms with van der Waals surface area (Å²) in [6.45, 7) is 6.88. The van der Waals surface area contributed by atoms with Gasteiger partial charge in [-0.2, -0.15) is 0 Å². The van der Waals surface area contributed by atoms with Gasteiger partial charge in [-0.05, 0) is 36.1 Å². The van der Waals surface area contributed by atoms with Gasteiger partial charge in [-0.1, -0.05) is 13.8 Å². The van der Waals surface area contributed by atoms with Crippen LogP contribution in [0.2, 0.25) is 0 Å². The fourth-order valence-electron chi connectivity index (χ4n) is 2.59. The molecule has 2 aromatic rings. The number of aromatic nitrogens is 1. The number of fused-ring (bicyclic) bond motifs is 1. The van der Waals surface area contributed by atoms with Crippen LogP contribution in [0, 0.1) is 11.8 Å². The smallest absolute Gasteiger partial charge is 0.0951 e. The minimum atomic E-state index is 0.760. The SMILES string of the molecule is CC(C)C1CN(c2ccc(N)c3ncccc23)C1. The fraction of sp³-hybridized carbons (Fsp3) is 0.400. The summed E-state index contributed by atoms with van der Waals surface area (Å²) in [5.74, 6) is 1.58. The van der Waals surface area contributed by atoms with Crippen molar-refractivity contribution in [2.45, 2.75) is 13.8 Å². The van der Waals surface area contributed by atoms with Crippen molar-refractivity contribution in [3.63, 3.8) is 0 Å². The van der Waals surface area contributed by atoms with Gasteiger partial charge in [0.2, 0.25) is 0 Å². The molecule has 2 heterocycles. The van der Waals surface area contributed by atoms with Crippen LogP contribution >= 0.6 is 0 Å². The molecule has 18 heavy (non-hydrogen) atoms. The molecule has 1 aromatic carbocycles. The number of nitrogens with two attached hydrogens (primary N) is 1. The predicted octanol–water partition coefficient (Wildman–Crippen LogP) is 2.91. The highest BCUT2D eigenvalue weighted by Crippen LogP contribution is 2.35. The summed E-state index contributed by atoms with van der Waals surface area (Å²) in [6, 6.07) is 8.17. The molecule has 1 saturated heterocycles. The van der Waals surface area contributed by atoms with Crippen LogP contribution in [0.3, 0.4) is 0 Å². The average molecular weight is 241 g/mol. The van der Waals surface area contributed by atoms with Crippen LogP contribution in [-0.2, 0) is 0 Å². The Morgan fingerprint density at radius 2 is 2.06 bits per heavy atom. The maximum atomic E-state index is 5.98. The number of hydrogen-bond acceptors (Lipinski definition) is 3. The van der Waals surface area contributed by atoms with Gasteiger partial charge >= 0.3 is 0 Å². The van der Waals surface area contributed by atoms with Crippen molar-refractivity contribution < 1.29 is 0 Å². The summed E-state index contributed by atoms with van der Waals surface area (Å²) in [6.07, 6.45) is 1.80. The molecule has 3 nitrogen and oxygen atoms in total. The molecular formula is C15H19N3. The highest BCUT2D eigenvalue weighted by Gasteiger charge is 2.30. The highest BCUT2D eigenvalue weighted by molar-refractivity contribution is 5.98. The van der Waals surface area contributed by atoms with Crippen LogP contribution < -0.4 is 10.6 Å². The first-order valence-electron chi connectivity index (χ1n) is 6.55. The largest absolute Gasteiger partial charge is 0.397 e. The van der Waals surface area contributed by atoms with Crippen molar-refractivity contribution in [2.24, 2.45) is 11.8 Å². The first-order valence-corrected chi connectivity index (χ1v) is 6.55. The summed E-state index contributed by atoms with van der Waals surface area (Å²) in [7, 11) is 0. The second kappa shape index (κ2) is 4.16. The Kier molecular flexibility index (Phi) is 2.62. The van der Waals surface area contributed by atoms with E-state index in [4.69, 9.17) is 5.73 Å². The Morgan fingerprint density at radius 1 is 1.28 bits per heavy atom. The third-order valence-corrected chi connectivity index (χ3v) is 3.97. The minimum Gasteiger partial charge on any atom is -0.397 e. The molecule has 0 radical (unpaired) electrons. The van der Waals surface area contributed by atoms with Gasteiger partial charge in [0.25, 0.3) is 0 Å². The Hall–Kier alpha value is -1.77. The lowest BCUT2D eigenvalue weighted by molar-refractivity contribution is 0.310. The van der Waals surface area contributed by atoms with Gasteiger partial charge < -0.3 is 10.6 Å². The van der Waals surface area contributed by atoms with Crippen molar-refractivity contribution in [1.82, 2.24) is 4.98 Å². The molecule has 94 valence electrons. The number of pyridine rings is 1. The monoisotopic (exact) mass is 241 g/mol. The zero-order chi connectivity index (χ0) is 12.7. The van der Waals surface area contributed by atoms with Gasteiger partial charge in [0, 0.05) is 30.4 Å². The first-order chi connectivity index (χ1) is 8.66. The van der Waals surface area contributed by atoms with E-state index in [2.05, 4.69) is 35.9 Å². The van der Waals surface area contributed by atoms with Crippen LogP contribution in [-0.4, -0.2) is 18.1 Å². The Morgan fingerprint density at radius 3 is 2.78 bits per heavy atom. The molecule has 1 aliphatic heterocycles. The molecule has 3 rings (SSSR count). The van der Waals surface area contributed by atoms with E-state index in [1.54, 1.807) is 6.20 Å². The van der Waals surface area contributed by atoms with Crippen molar-refractivity contribution >= 4 is 22.3 Å². The van der Waals surface area contributed by atoms with Crippen molar-refractivity contribution in [2.75, 3.05) is 23.7 Å². The maximum Gasteiger partial charge on any atom is 0.0951 e. The van der Waals surface area contributed by atoms with Gasteiger partial charge in [-0.25, -0.2) is 0 Å². The Balaban J connectivity index is 1.97. The predicted molar refractivity (Wildman–Crippen MR) is 76.7 cm³/mol. The number of nitrogens with zero attached hydrogens (tertiary/aromatic N) is 2. The normalized spacial score (nSPS) is 16.3. The van der Waals surface area contributed by atoms with Gasteiger partial charge in [0.05, 0.1) is 11.2 Å². The minimum absolute atomic E-state index is 0.760. The lowest BCUT2D eigenvalue weighted by atomic mass is 9.87. The average Bonchev–Trinajstić information content (AvgIpc) is 2.30. The molecule has 1 aromatic heterocycles. The van der Waals surface area contributed by atoms with E-state index in [9.17, 15) is 0 Å². The van der Waals surface area contributed by atoms with Crippen LogP contribution in [0.1, 0.15) is 13.8 Å². The third kappa shape index (κ3) is 1.70. The van der Waals surface area contributed by atoms with E-state index < -0.39 is 0 Å². The van der Waals surface area contributed by atoms with Gasteiger partial charge in [-0.15, -0.1) is 0 Å². The molecule has 0 amide bonds. The van der Waals surface area contributed by atoms with Gasteiger partial charge in [0.15, 0.2) is 0 Å². The maximum absolute atomic E-state index is 5.98. The molecule has 1 aliphatic rings. The number of anilines is 2. The van der Waals surface area contributed by atoms with Crippen LogP contribution in [0.15, 0.2) is 30.5 Å². The zero-order valence-electron chi connectivity index (χ0n) is 10.9. The summed E-state index contributed by atoms with van der Waals surface area (Å²) in [5, 5.41) is 1.17. The molecule has 0 spiro atoms. The molecule has 0 unspecified atom stereocenters. The number of benzene rings is 1. The molecule has 0 aliphatic carbocycles. The first kappa shape index (κ1) is 11.3. The van der Waals surface area contributed by atoms with Gasteiger partial charge in [0.1, 0.15) is 0 Å². The van der Waals surface area contributed by atoms with Crippen molar-refractivity contribution in [1.29, 1.82) is 0 Å². The molecule has 0 atom stereocenters. The number of rotatable bonds is 2. The Bertz CT molecular complexity index is 571.